The van der Waals surface area contributed by atoms with Gasteiger partial charge in [-0.1, -0.05) is 188 Å². The lowest BCUT2D eigenvalue weighted by Gasteiger charge is -2.20. The van der Waals surface area contributed by atoms with Gasteiger partial charge in [0.2, 0.25) is 0 Å². The van der Waals surface area contributed by atoms with Crippen molar-refractivity contribution < 1.29 is 4.42 Å². The van der Waals surface area contributed by atoms with Crippen molar-refractivity contribution in [2.75, 3.05) is 0 Å². The summed E-state index contributed by atoms with van der Waals surface area (Å²) in [5, 5.41) is 13.4. The molecule has 1 aliphatic carbocycles. The van der Waals surface area contributed by atoms with Gasteiger partial charge in [0.15, 0.2) is 0 Å². The molecule has 1 aliphatic rings. The standard InChI is InChI=1S/C64H41NO/c1-3-18-40(19-4-1)60-46-23-7-9-25-48(46)62(49-26-10-8-24-47(49)60)42-34-36-45-56-38-41(35-37-58(56)66-59(45)39-42)61-50-27-11-13-29-52(50)63(53-30-14-12-28-51(53)61)55-32-17-31-54-44-22-15-16-33-57(44)65(64(54)55)43-20-5-2-6-21-43/h1-15,17-32,34-39H,16,33H2. The molecule has 0 aliphatic heterocycles. The van der Waals surface area contributed by atoms with Gasteiger partial charge in [-0.3, -0.25) is 0 Å². The summed E-state index contributed by atoms with van der Waals surface area (Å²) in [4.78, 5) is 0. The number of para-hydroxylation sites is 2. The van der Waals surface area contributed by atoms with Crippen LogP contribution in [0.5, 0.6) is 0 Å². The summed E-state index contributed by atoms with van der Waals surface area (Å²) in [6.45, 7) is 0. The third kappa shape index (κ3) is 5.42. The van der Waals surface area contributed by atoms with Crippen molar-refractivity contribution in [2.24, 2.45) is 0 Å². The highest BCUT2D eigenvalue weighted by Crippen LogP contribution is 2.49. The SMILES string of the molecule is C1=Cc2c(n(-c3ccccc3)c3c(-c4c5ccccc5c(-c5ccc6oc7cc(-c8c9ccccc9c(-c9ccccc9)c9ccccc89)ccc7c6c5)c5ccccc45)cccc23)CC1. The molecule has 2 heterocycles. The highest BCUT2D eigenvalue weighted by atomic mass is 16.3. The molecule has 0 amide bonds. The van der Waals surface area contributed by atoms with E-state index in [0.29, 0.717) is 0 Å². The average Bonchev–Trinajstić information content (AvgIpc) is 3.93. The summed E-state index contributed by atoms with van der Waals surface area (Å²) in [6, 6.07) is 77.9. The Labute approximate surface area is 381 Å². The third-order valence-corrected chi connectivity index (χ3v) is 14.2. The van der Waals surface area contributed by atoms with E-state index in [1.165, 1.54) is 110 Å². The Balaban J connectivity index is 0.971. The molecule has 0 saturated heterocycles. The van der Waals surface area contributed by atoms with Gasteiger partial charge in [-0.2, -0.15) is 0 Å². The molecule has 13 aromatic rings. The van der Waals surface area contributed by atoms with Crippen LogP contribution in [0.25, 0.3) is 132 Å². The highest BCUT2D eigenvalue weighted by molar-refractivity contribution is 6.25. The van der Waals surface area contributed by atoms with E-state index in [-0.39, 0.29) is 0 Å². The van der Waals surface area contributed by atoms with Gasteiger partial charge in [-0.05, 0) is 131 Å². The Bertz CT molecular complexity index is 4030. The molecule has 2 heteroatoms. The smallest absolute Gasteiger partial charge is 0.136 e. The van der Waals surface area contributed by atoms with Crippen molar-refractivity contribution in [1.29, 1.82) is 0 Å². The molecule has 308 valence electrons. The topological polar surface area (TPSA) is 18.1 Å². The number of hydrogen-bond acceptors (Lipinski definition) is 1. The summed E-state index contributed by atoms with van der Waals surface area (Å²) in [5.41, 5.74) is 16.8. The first-order chi connectivity index (χ1) is 32.8. The maximum atomic E-state index is 6.79. The Morgan fingerprint density at radius 3 is 1.45 bits per heavy atom. The number of rotatable bonds is 5. The molecule has 14 rings (SSSR count). The maximum Gasteiger partial charge on any atom is 0.136 e. The molecule has 0 unspecified atom stereocenters. The monoisotopic (exact) mass is 839 g/mol. The van der Waals surface area contributed by atoms with Crippen LogP contribution in [0, 0.1) is 0 Å². The zero-order valence-corrected chi connectivity index (χ0v) is 36.1. The predicted molar refractivity (Wildman–Crippen MR) is 280 cm³/mol. The molecule has 2 aromatic heterocycles. The molecule has 0 bridgehead atoms. The van der Waals surface area contributed by atoms with Crippen molar-refractivity contribution in [3.05, 3.63) is 230 Å². The van der Waals surface area contributed by atoms with Crippen LogP contribution >= 0.6 is 0 Å². The highest BCUT2D eigenvalue weighted by Gasteiger charge is 2.25. The van der Waals surface area contributed by atoms with Crippen LogP contribution in [0.2, 0.25) is 0 Å². The van der Waals surface area contributed by atoms with Gasteiger partial charge in [0, 0.05) is 38.7 Å². The number of hydrogen-bond donors (Lipinski definition) is 0. The minimum absolute atomic E-state index is 0.886. The van der Waals surface area contributed by atoms with Crippen LogP contribution in [0.15, 0.2) is 223 Å². The molecule has 11 aromatic carbocycles. The molecule has 0 atom stereocenters. The van der Waals surface area contributed by atoms with Crippen molar-refractivity contribution in [1.82, 2.24) is 4.57 Å². The number of fused-ring (bicyclic) bond motifs is 10. The average molecular weight is 840 g/mol. The van der Waals surface area contributed by atoms with Crippen LogP contribution in [0.4, 0.5) is 0 Å². The van der Waals surface area contributed by atoms with Crippen molar-refractivity contribution in [3.8, 4) is 50.2 Å². The number of allylic oxidation sites excluding steroid dienone is 1. The lowest BCUT2D eigenvalue weighted by atomic mass is 9.85. The van der Waals surface area contributed by atoms with Crippen LogP contribution in [0.3, 0.4) is 0 Å². The summed E-state index contributed by atoms with van der Waals surface area (Å²) >= 11 is 0. The first-order valence-corrected chi connectivity index (χ1v) is 23.1. The van der Waals surface area contributed by atoms with Gasteiger partial charge in [0.1, 0.15) is 11.2 Å². The van der Waals surface area contributed by atoms with E-state index in [4.69, 9.17) is 4.42 Å². The van der Waals surface area contributed by atoms with E-state index in [2.05, 4.69) is 229 Å². The van der Waals surface area contributed by atoms with E-state index < -0.39 is 0 Å². The number of furan rings is 1. The molecule has 66 heavy (non-hydrogen) atoms. The Morgan fingerprint density at radius 1 is 0.348 bits per heavy atom. The van der Waals surface area contributed by atoms with Crippen LogP contribution in [-0.2, 0) is 6.42 Å². The van der Waals surface area contributed by atoms with Gasteiger partial charge < -0.3 is 8.98 Å². The molecule has 0 radical (unpaired) electrons. The van der Waals surface area contributed by atoms with Crippen molar-refractivity contribution >= 4 is 82.0 Å². The first-order valence-electron chi connectivity index (χ1n) is 23.1. The Morgan fingerprint density at radius 2 is 0.848 bits per heavy atom. The van der Waals surface area contributed by atoms with Crippen molar-refractivity contribution in [2.45, 2.75) is 12.8 Å². The zero-order valence-electron chi connectivity index (χ0n) is 36.1. The van der Waals surface area contributed by atoms with E-state index in [1.807, 2.05) is 0 Å². The largest absolute Gasteiger partial charge is 0.456 e. The van der Waals surface area contributed by atoms with Gasteiger partial charge in [-0.25, -0.2) is 0 Å². The van der Waals surface area contributed by atoms with Crippen LogP contribution < -0.4 is 0 Å². The summed E-state index contributed by atoms with van der Waals surface area (Å²) in [6.07, 6.45) is 6.72. The summed E-state index contributed by atoms with van der Waals surface area (Å²) < 4.78 is 9.33. The molecular formula is C64H41NO. The summed E-state index contributed by atoms with van der Waals surface area (Å²) in [7, 11) is 0. The van der Waals surface area contributed by atoms with Crippen LogP contribution in [-0.4, -0.2) is 4.57 Å². The fourth-order valence-corrected chi connectivity index (χ4v) is 11.5. The van der Waals surface area contributed by atoms with E-state index in [1.54, 1.807) is 0 Å². The van der Waals surface area contributed by atoms with Gasteiger partial charge >= 0.3 is 0 Å². The minimum atomic E-state index is 0.886. The fraction of sp³-hybridized carbons (Fsp3) is 0.0312. The summed E-state index contributed by atoms with van der Waals surface area (Å²) in [5.74, 6) is 0. The predicted octanol–water partition coefficient (Wildman–Crippen LogP) is 17.8. The van der Waals surface area contributed by atoms with Crippen molar-refractivity contribution in [3.63, 3.8) is 0 Å². The van der Waals surface area contributed by atoms with E-state index in [9.17, 15) is 0 Å². The zero-order chi connectivity index (χ0) is 43.3. The maximum absolute atomic E-state index is 6.79. The number of benzene rings is 11. The Hall–Kier alpha value is -8.46. The first kappa shape index (κ1) is 37.0. The van der Waals surface area contributed by atoms with E-state index >= 15 is 0 Å². The number of nitrogens with zero attached hydrogens (tertiary/aromatic N) is 1. The number of aromatic nitrogens is 1. The molecule has 0 fully saturated rings. The quantitative estimate of drug-likeness (QED) is 0.158. The third-order valence-electron chi connectivity index (χ3n) is 14.2. The second kappa shape index (κ2) is 14.5. The second-order valence-electron chi connectivity index (χ2n) is 17.7. The lowest BCUT2D eigenvalue weighted by Crippen LogP contribution is -2.03. The van der Waals surface area contributed by atoms with Gasteiger partial charge in [-0.15, -0.1) is 0 Å². The molecular weight excluding hydrogens is 799 g/mol. The van der Waals surface area contributed by atoms with Gasteiger partial charge in [0.25, 0.3) is 0 Å². The molecule has 0 N–H and O–H groups in total. The van der Waals surface area contributed by atoms with E-state index in [0.717, 1.165) is 40.3 Å². The molecule has 0 saturated carbocycles. The second-order valence-corrected chi connectivity index (χ2v) is 17.7. The van der Waals surface area contributed by atoms with Gasteiger partial charge in [0.05, 0.1) is 5.52 Å². The molecule has 0 spiro atoms. The normalized spacial score (nSPS) is 12.7. The Kier molecular flexibility index (Phi) is 8.14. The minimum Gasteiger partial charge on any atom is -0.456 e. The van der Waals surface area contributed by atoms with Crippen LogP contribution in [0.1, 0.15) is 17.7 Å². The fourth-order valence-electron chi connectivity index (χ4n) is 11.5. The molecule has 2 nitrogen and oxygen atoms in total. The lowest BCUT2D eigenvalue weighted by molar-refractivity contribution is 0.669.